The number of anilines is 1. The highest BCUT2D eigenvalue weighted by Crippen LogP contribution is 2.19. The Hall–Kier alpha value is -1.48. The van der Waals surface area contributed by atoms with Crippen LogP contribution in [0.1, 0.15) is 26.3 Å². The molecule has 0 heterocycles. The lowest BCUT2D eigenvalue weighted by Crippen LogP contribution is -2.07. The van der Waals surface area contributed by atoms with E-state index < -0.39 is 0 Å². The molecule has 0 aliphatic heterocycles. The molecule has 0 aliphatic carbocycles. The topological polar surface area (TPSA) is 38.3 Å². The SMILES string of the molecule is CC.CCO/C=C/C(=O)Nc1ccc(C)c(Cl)c1. The summed E-state index contributed by atoms with van der Waals surface area (Å²) in [5.74, 6) is -0.242. The first-order valence-electron chi connectivity index (χ1n) is 5.98. The average Bonchev–Trinajstić information content (AvgIpc) is 2.37. The monoisotopic (exact) mass is 269 g/mol. The molecule has 1 aromatic rings. The summed E-state index contributed by atoms with van der Waals surface area (Å²) in [5.41, 5.74) is 1.64. The zero-order valence-corrected chi connectivity index (χ0v) is 12.0. The predicted octanol–water partition coefficient (Wildman–Crippen LogP) is 4.16. The standard InChI is InChI=1S/C12H14ClNO2.C2H6/c1-3-16-7-6-12(15)14-10-5-4-9(2)11(13)8-10;1-2/h4-8H,3H2,1-2H3,(H,14,15);1-2H3/b7-6+;. The summed E-state index contributed by atoms with van der Waals surface area (Å²) in [6.45, 7) is 8.30. The molecule has 1 N–H and O–H groups in total. The highest BCUT2D eigenvalue weighted by molar-refractivity contribution is 6.31. The Morgan fingerprint density at radius 3 is 2.67 bits per heavy atom. The highest BCUT2D eigenvalue weighted by Gasteiger charge is 2.00. The molecule has 0 atom stereocenters. The van der Waals surface area contributed by atoms with E-state index in [1.807, 2.05) is 33.8 Å². The van der Waals surface area contributed by atoms with Crippen molar-refractivity contribution in [3.05, 3.63) is 41.1 Å². The summed E-state index contributed by atoms with van der Waals surface area (Å²) < 4.78 is 4.92. The summed E-state index contributed by atoms with van der Waals surface area (Å²) in [7, 11) is 0. The van der Waals surface area contributed by atoms with Crippen LogP contribution >= 0.6 is 11.6 Å². The van der Waals surface area contributed by atoms with Crippen LogP contribution in [0, 0.1) is 6.92 Å². The van der Waals surface area contributed by atoms with Crippen molar-refractivity contribution in [3.63, 3.8) is 0 Å². The second kappa shape index (κ2) is 9.54. The Labute approximate surface area is 114 Å². The molecule has 1 amide bonds. The van der Waals surface area contributed by atoms with Crippen LogP contribution in [0.2, 0.25) is 5.02 Å². The number of rotatable bonds is 4. The fourth-order valence-corrected chi connectivity index (χ4v) is 1.24. The van der Waals surface area contributed by atoms with Crippen LogP contribution in [0.4, 0.5) is 5.69 Å². The number of ether oxygens (including phenoxy) is 1. The van der Waals surface area contributed by atoms with Crippen LogP contribution in [-0.2, 0) is 9.53 Å². The summed E-state index contributed by atoms with van der Waals surface area (Å²) in [6, 6.07) is 5.36. The molecule has 4 heteroatoms. The van der Waals surface area contributed by atoms with Gasteiger partial charge in [0, 0.05) is 16.8 Å². The molecular weight excluding hydrogens is 250 g/mol. The van der Waals surface area contributed by atoms with Crippen molar-refractivity contribution in [2.45, 2.75) is 27.7 Å². The van der Waals surface area contributed by atoms with Crippen LogP contribution in [0.15, 0.2) is 30.5 Å². The van der Waals surface area contributed by atoms with Crippen LogP contribution in [0.25, 0.3) is 0 Å². The van der Waals surface area contributed by atoms with Gasteiger partial charge in [-0.15, -0.1) is 0 Å². The molecule has 0 radical (unpaired) electrons. The number of hydrogen-bond donors (Lipinski definition) is 1. The van der Waals surface area contributed by atoms with Crippen LogP contribution in [0.3, 0.4) is 0 Å². The molecule has 18 heavy (non-hydrogen) atoms. The normalized spacial score (nSPS) is 9.61. The van der Waals surface area contributed by atoms with Crippen LogP contribution in [0.5, 0.6) is 0 Å². The lowest BCUT2D eigenvalue weighted by molar-refractivity contribution is -0.112. The molecule has 1 aromatic carbocycles. The first-order valence-corrected chi connectivity index (χ1v) is 6.36. The lowest BCUT2D eigenvalue weighted by Gasteiger charge is -2.04. The molecule has 0 saturated heterocycles. The predicted molar refractivity (Wildman–Crippen MR) is 76.9 cm³/mol. The Kier molecular flexibility index (Phi) is 8.76. The highest BCUT2D eigenvalue weighted by atomic mass is 35.5. The van der Waals surface area contributed by atoms with Crippen LogP contribution < -0.4 is 5.32 Å². The van der Waals surface area contributed by atoms with Gasteiger partial charge in [0.15, 0.2) is 0 Å². The van der Waals surface area contributed by atoms with Gasteiger partial charge in [-0.05, 0) is 31.5 Å². The zero-order valence-electron chi connectivity index (χ0n) is 11.3. The number of nitrogens with one attached hydrogen (secondary N) is 1. The van der Waals surface area contributed by atoms with E-state index in [9.17, 15) is 4.79 Å². The minimum atomic E-state index is -0.242. The third kappa shape index (κ3) is 6.30. The van der Waals surface area contributed by atoms with Crippen molar-refractivity contribution in [1.82, 2.24) is 0 Å². The van der Waals surface area contributed by atoms with Gasteiger partial charge >= 0.3 is 0 Å². The fraction of sp³-hybridized carbons (Fsp3) is 0.357. The second-order valence-corrected chi connectivity index (χ2v) is 3.62. The average molecular weight is 270 g/mol. The van der Waals surface area contributed by atoms with Gasteiger partial charge in [-0.25, -0.2) is 0 Å². The van der Waals surface area contributed by atoms with E-state index in [2.05, 4.69) is 5.32 Å². The van der Waals surface area contributed by atoms with E-state index in [4.69, 9.17) is 16.3 Å². The summed E-state index contributed by atoms with van der Waals surface area (Å²) in [6.07, 6.45) is 2.70. The van der Waals surface area contributed by atoms with Crippen LogP contribution in [-0.4, -0.2) is 12.5 Å². The minimum absolute atomic E-state index is 0.242. The van der Waals surface area contributed by atoms with Gasteiger partial charge in [0.2, 0.25) is 0 Å². The third-order valence-corrected chi connectivity index (χ3v) is 2.33. The van der Waals surface area contributed by atoms with E-state index >= 15 is 0 Å². The van der Waals surface area contributed by atoms with Gasteiger partial charge in [0.1, 0.15) is 0 Å². The van der Waals surface area contributed by atoms with Gasteiger partial charge in [0.05, 0.1) is 12.9 Å². The van der Waals surface area contributed by atoms with E-state index in [1.165, 1.54) is 12.3 Å². The van der Waals surface area contributed by atoms with Gasteiger partial charge in [0.25, 0.3) is 5.91 Å². The maximum atomic E-state index is 11.4. The molecule has 0 unspecified atom stereocenters. The molecule has 0 saturated carbocycles. The number of amides is 1. The van der Waals surface area contributed by atoms with Gasteiger partial charge < -0.3 is 10.1 Å². The molecule has 0 aliphatic rings. The molecule has 1 rings (SSSR count). The number of carbonyl (C=O) groups excluding carboxylic acids is 1. The maximum absolute atomic E-state index is 11.4. The van der Waals surface area contributed by atoms with E-state index in [0.29, 0.717) is 17.3 Å². The summed E-state index contributed by atoms with van der Waals surface area (Å²) in [5, 5.41) is 3.31. The third-order valence-electron chi connectivity index (χ3n) is 1.92. The van der Waals surface area contributed by atoms with E-state index in [0.717, 1.165) is 5.56 Å². The van der Waals surface area contributed by atoms with Crippen molar-refractivity contribution in [1.29, 1.82) is 0 Å². The molecule has 0 fully saturated rings. The van der Waals surface area contributed by atoms with E-state index in [-0.39, 0.29) is 5.91 Å². The quantitative estimate of drug-likeness (QED) is 0.658. The largest absolute Gasteiger partial charge is 0.501 e. The van der Waals surface area contributed by atoms with Crippen molar-refractivity contribution in [3.8, 4) is 0 Å². The second-order valence-electron chi connectivity index (χ2n) is 3.21. The van der Waals surface area contributed by atoms with Gasteiger partial charge in [-0.3, -0.25) is 4.79 Å². The Bertz CT molecular complexity index is 403. The molecule has 3 nitrogen and oxygen atoms in total. The minimum Gasteiger partial charge on any atom is -0.501 e. The van der Waals surface area contributed by atoms with Crippen molar-refractivity contribution in [2.75, 3.05) is 11.9 Å². The van der Waals surface area contributed by atoms with Gasteiger partial charge in [-0.1, -0.05) is 31.5 Å². The Balaban J connectivity index is 0.00000137. The number of carbonyl (C=O) groups is 1. The number of aryl methyl sites for hydroxylation is 1. The Morgan fingerprint density at radius 1 is 1.44 bits per heavy atom. The summed E-state index contributed by atoms with van der Waals surface area (Å²) in [4.78, 5) is 11.4. The molecule has 100 valence electrons. The first kappa shape index (κ1) is 16.5. The zero-order chi connectivity index (χ0) is 14.0. The molecule has 0 bridgehead atoms. The van der Waals surface area contributed by atoms with Crippen molar-refractivity contribution < 1.29 is 9.53 Å². The van der Waals surface area contributed by atoms with Gasteiger partial charge in [-0.2, -0.15) is 0 Å². The molecule has 0 spiro atoms. The summed E-state index contributed by atoms with van der Waals surface area (Å²) >= 11 is 5.93. The molecular formula is C14H20ClNO2. The van der Waals surface area contributed by atoms with E-state index in [1.54, 1.807) is 12.1 Å². The first-order chi connectivity index (χ1) is 8.63. The number of benzene rings is 1. The van der Waals surface area contributed by atoms with Crippen molar-refractivity contribution in [2.24, 2.45) is 0 Å². The lowest BCUT2D eigenvalue weighted by atomic mass is 10.2. The Morgan fingerprint density at radius 2 is 2.11 bits per heavy atom. The molecule has 0 aromatic heterocycles. The smallest absolute Gasteiger partial charge is 0.251 e. The van der Waals surface area contributed by atoms with Crippen molar-refractivity contribution >= 4 is 23.2 Å². The number of halogens is 1. The fourth-order valence-electron chi connectivity index (χ4n) is 1.06. The maximum Gasteiger partial charge on any atom is 0.251 e. The number of hydrogen-bond acceptors (Lipinski definition) is 2.